The summed E-state index contributed by atoms with van der Waals surface area (Å²) in [6, 6.07) is 3.52. The molecular weight excluding hydrogens is 268 g/mol. The van der Waals surface area contributed by atoms with Gasteiger partial charge in [0.15, 0.2) is 17.5 Å². The van der Waals surface area contributed by atoms with E-state index in [1.165, 1.54) is 6.20 Å². The Labute approximate surface area is 113 Å². The number of hydrogen-bond acceptors (Lipinski definition) is 6. The summed E-state index contributed by atoms with van der Waals surface area (Å²) < 4.78 is 10.5. The van der Waals surface area contributed by atoms with Crippen LogP contribution in [-0.2, 0) is 6.61 Å². The number of hydrogen-bond donors (Lipinski definition) is 0. The van der Waals surface area contributed by atoms with Gasteiger partial charge in [0.25, 0.3) is 0 Å². The van der Waals surface area contributed by atoms with Crippen molar-refractivity contribution in [3.63, 3.8) is 0 Å². The van der Waals surface area contributed by atoms with Crippen LogP contribution in [0.25, 0.3) is 11.0 Å². The number of ether oxygens (including phenoxy) is 1. The molecule has 7 heteroatoms. The van der Waals surface area contributed by atoms with Gasteiger partial charge in [0.05, 0.1) is 17.4 Å². The number of pyridine rings is 1. The molecule has 0 fully saturated rings. The normalized spacial score (nSPS) is 10.8. The first-order valence-electron chi connectivity index (χ1n) is 5.54. The van der Waals surface area contributed by atoms with Gasteiger partial charge >= 0.3 is 0 Å². The molecule has 0 bridgehead atoms. The second-order valence-corrected chi connectivity index (χ2v) is 4.26. The molecule has 0 N–H and O–H groups in total. The summed E-state index contributed by atoms with van der Waals surface area (Å²) in [5.74, 6) is 1.02. The van der Waals surface area contributed by atoms with Crippen LogP contribution in [0, 0.1) is 6.92 Å². The minimum atomic E-state index is 0.250. The molecule has 6 nitrogen and oxygen atoms in total. The van der Waals surface area contributed by atoms with E-state index < -0.39 is 0 Å². The van der Waals surface area contributed by atoms with Crippen LogP contribution in [0.5, 0.6) is 5.88 Å². The highest BCUT2D eigenvalue weighted by atomic mass is 35.5. The molecule has 3 aromatic heterocycles. The monoisotopic (exact) mass is 276 g/mol. The Balaban J connectivity index is 1.82. The van der Waals surface area contributed by atoms with E-state index in [0.29, 0.717) is 27.8 Å². The molecule has 0 saturated heterocycles. The molecule has 0 radical (unpaired) electrons. The standard InChI is InChI=1S/C12H9ClN4O2/c1-7-4-8(19-17-7)6-18-10-5-15-11-9(16-10)2-3-14-12(11)13/h2-5H,6H2,1H3. The molecule has 3 heterocycles. The molecule has 0 amide bonds. The zero-order chi connectivity index (χ0) is 13.2. The maximum atomic E-state index is 5.91. The van der Waals surface area contributed by atoms with Crippen molar-refractivity contribution in [2.24, 2.45) is 0 Å². The second-order valence-electron chi connectivity index (χ2n) is 3.90. The molecule has 96 valence electrons. The summed E-state index contributed by atoms with van der Waals surface area (Å²) in [5, 5.41) is 4.10. The van der Waals surface area contributed by atoms with Crippen LogP contribution in [-0.4, -0.2) is 20.1 Å². The van der Waals surface area contributed by atoms with E-state index in [-0.39, 0.29) is 6.61 Å². The van der Waals surface area contributed by atoms with Crippen molar-refractivity contribution in [1.29, 1.82) is 0 Å². The average molecular weight is 277 g/mol. The van der Waals surface area contributed by atoms with E-state index in [1.54, 1.807) is 18.3 Å². The van der Waals surface area contributed by atoms with Crippen LogP contribution in [0.3, 0.4) is 0 Å². The highest BCUT2D eigenvalue weighted by molar-refractivity contribution is 6.33. The summed E-state index contributed by atoms with van der Waals surface area (Å²) in [4.78, 5) is 12.4. The van der Waals surface area contributed by atoms with Crippen LogP contribution in [0.4, 0.5) is 0 Å². The van der Waals surface area contributed by atoms with Crippen LogP contribution in [0.1, 0.15) is 11.5 Å². The summed E-state index contributed by atoms with van der Waals surface area (Å²) in [5.41, 5.74) is 1.99. The van der Waals surface area contributed by atoms with Gasteiger partial charge in [0, 0.05) is 12.3 Å². The lowest BCUT2D eigenvalue weighted by Crippen LogP contribution is -1.97. The maximum absolute atomic E-state index is 5.91. The van der Waals surface area contributed by atoms with Crippen molar-refractivity contribution in [2.75, 3.05) is 0 Å². The number of nitrogens with zero attached hydrogens (tertiary/aromatic N) is 4. The van der Waals surface area contributed by atoms with E-state index in [1.807, 2.05) is 6.92 Å². The molecule has 0 aliphatic heterocycles. The Morgan fingerprint density at radius 3 is 3.05 bits per heavy atom. The van der Waals surface area contributed by atoms with Gasteiger partial charge in [0.1, 0.15) is 5.52 Å². The molecule has 0 saturated carbocycles. The molecule has 0 aliphatic carbocycles. The molecule has 0 spiro atoms. The Kier molecular flexibility index (Phi) is 3.00. The third-order valence-corrected chi connectivity index (χ3v) is 2.71. The molecule has 3 aromatic rings. The lowest BCUT2D eigenvalue weighted by atomic mass is 10.4. The van der Waals surface area contributed by atoms with Crippen molar-refractivity contribution in [1.82, 2.24) is 20.1 Å². The highest BCUT2D eigenvalue weighted by Gasteiger charge is 2.06. The first-order chi connectivity index (χ1) is 9.22. The molecule has 0 atom stereocenters. The predicted molar refractivity (Wildman–Crippen MR) is 67.9 cm³/mol. The largest absolute Gasteiger partial charge is 0.468 e. The summed E-state index contributed by atoms with van der Waals surface area (Å²) >= 11 is 5.91. The van der Waals surface area contributed by atoms with Crippen LogP contribution in [0.15, 0.2) is 29.0 Å². The summed E-state index contributed by atoms with van der Waals surface area (Å²) in [7, 11) is 0. The molecule has 3 rings (SSSR count). The van der Waals surface area contributed by atoms with E-state index in [2.05, 4.69) is 20.1 Å². The fourth-order valence-corrected chi connectivity index (χ4v) is 1.80. The highest BCUT2D eigenvalue weighted by Crippen LogP contribution is 2.19. The van der Waals surface area contributed by atoms with E-state index in [4.69, 9.17) is 20.9 Å². The Morgan fingerprint density at radius 1 is 1.37 bits per heavy atom. The molecule has 0 unspecified atom stereocenters. The van der Waals surface area contributed by atoms with E-state index in [0.717, 1.165) is 5.69 Å². The Hall–Kier alpha value is -2.21. The maximum Gasteiger partial charge on any atom is 0.233 e. The fraction of sp³-hybridized carbons (Fsp3) is 0.167. The third-order valence-electron chi connectivity index (χ3n) is 2.43. The Morgan fingerprint density at radius 2 is 2.26 bits per heavy atom. The zero-order valence-electron chi connectivity index (χ0n) is 10.00. The van der Waals surface area contributed by atoms with Crippen LogP contribution >= 0.6 is 11.6 Å². The van der Waals surface area contributed by atoms with Gasteiger partial charge in [-0.1, -0.05) is 16.8 Å². The SMILES string of the molecule is Cc1cc(COc2cnc3c(Cl)nccc3n2)on1. The molecule has 19 heavy (non-hydrogen) atoms. The zero-order valence-corrected chi connectivity index (χ0v) is 10.8. The number of halogens is 1. The number of aryl methyl sites for hydroxylation is 1. The minimum absolute atomic E-state index is 0.250. The molecule has 0 aliphatic rings. The van der Waals surface area contributed by atoms with Crippen molar-refractivity contribution in [2.45, 2.75) is 13.5 Å². The first kappa shape index (κ1) is 11.9. The van der Waals surface area contributed by atoms with Gasteiger partial charge in [-0.3, -0.25) is 0 Å². The van der Waals surface area contributed by atoms with Gasteiger partial charge in [-0.25, -0.2) is 15.0 Å². The quantitative estimate of drug-likeness (QED) is 0.685. The summed E-state index contributed by atoms with van der Waals surface area (Å²) in [6.45, 7) is 2.09. The van der Waals surface area contributed by atoms with E-state index >= 15 is 0 Å². The average Bonchev–Trinajstić information content (AvgIpc) is 2.82. The van der Waals surface area contributed by atoms with Crippen molar-refractivity contribution < 1.29 is 9.26 Å². The van der Waals surface area contributed by atoms with Gasteiger partial charge in [-0.15, -0.1) is 0 Å². The van der Waals surface area contributed by atoms with Gasteiger partial charge in [-0.05, 0) is 13.0 Å². The summed E-state index contributed by atoms with van der Waals surface area (Å²) in [6.07, 6.45) is 3.07. The third kappa shape index (κ3) is 2.48. The lowest BCUT2D eigenvalue weighted by molar-refractivity contribution is 0.241. The van der Waals surface area contributed by atoms with Gasteiger partial charge in [-0.2, -0.15) is 0 Å². The number of rotatable bonds is 3. The van der Waals surface area contributed by atoms with Crippen molar-refractivity contribution in [3.05, 3.63) is 41.1 Å². The second kappa shape index (κ2) is 4.81. The fourth-order valence-electron chi connectivity index (χ4n) is 1.59. The predicted octanol–water partition coefficient (Wildman–Crippen LogP) is 2.55. The van der Waals surface area contributed by atoms with Crippen molar-refractivity contribution in [3.8, 4) is 5.88 Å². The lowest BCUT2D eigenvalue weighted by Gasteiger charge is -2.03. The number of fused-ring (bicyclic) bond motifs is 1. The van der Waals surface area contributed by atoms with Crippen LogP contribution < -0.4 is 4.74 Å². The van der Waals surface area contributed by atoms with E-state index in [9.17, 15) is 0 Å². The smallest absolute Gasteiger partial charge is 0.233 e. The molecule has 0 aromatic carbocycles. The van der Waals surface area contributed by atoms with Gasteiger partial charge < -0.3 is 9.26 Å². The minimum Gasteiger partial charge on any atom is -0.468 e. The Bertz CT molecular complexity index is 729. The number of aromatic nitrogens is 4. The first-order valence-corrected chi connectivity index (χ1v) is 5.92. The molecular formula is C12H9ClN4O2. The van der Waals surface area contributed by atoms with Crippen LogP contribution in [0.2, 0.25) is 5.15 Å². The topological polar surface area (TPSA) is 73.9 Å². The van der Waals surface area contributed by atoms with Gasteiger partial charge in [0.2, 0.25) is 5.88 Å². The van der Waals surface area contributed by atoms with Crippen molar-refractivity contribution >= 4 is 22.6 Å².